The summed E-state index contributed by atoms with van der Waals surface area (Å²) in [5.74, 6) is -0.304. The van der Waals surface area contributed by atoms with Gasteiger partial charge in [0.2, 0.25) is 0 Å². The van der Waals surface area contributed by atoms with Crippen molar-refractivity contribution in [3.63, 3.8) is 0 Å². The molecule has 1 amide bonds. The summed E-state index contributed by atoms with van der Waals surface area (Å²) in [6.45, 7) is 5.49. The van der Waals surface area contributed by atoms with Gasteiger partial charge in [-0.05, 0) is 49.9 Å². The first-order chi connectivity index (χ1) is 14.4. The van der Waals surface area contributed by atoms with E-state index in [4.69, 9.17) is 17.3 Å². The van der Waals surface area contributed by atoms with Crippen LogP contribution in [-0.4, -0.2) is 59.0 Å². The van der Waals surface area contributed by atoms with E-state index < -0.39 is 0 Å². The van der Waals surface area contributed by atoms with Crippen molar-refractivity contribution in [1.29, 1.82) is 0 Å². The number of nitrogens with zero attached hydrogens (tertiary/aromatic N) is 5. The summed E-state index contributed by atoms with van der Waals surface area (Å²) in [5, 5.41) is 11.4. The molecule has 0 atom stereocenters. The molecular weight excluding hydrogens is 402 g/mol. The Labute approximate surface area is 180 Å². The van der Waals surface area contributed by atoms with Crippen LogP contribution in [0.3, 0.4) is 0 Å². The largest absolute Gasteiger partial charge is 0.399 e. The second-order valence-electron chi connectivity index (χ2n) is 7.49. The highest BCUT2D eigenvalue weighted by Crippen LogP contribution is 2.31. The van der Waals surface area contributed by atoms with Crippen LogP contribution >= 0.6 is 11.6 Å². The Kier molecular flexibility index (Phi) is 5.61. The van der Waals surface area contributed by atoms with Gasteiger partial charge >= 0.3 is 0 Å². The van der Waals surface area contributed by atoms with Crippen LogP contribution in [0.4, 0.5) is 17.1 Å². The lowest BCUT2D eigenvalue weighted by Gasteiger charge is -2.35. The molecule has 1 fully saturated rings. The molecule has 4 rings (SSSR count). The zero-order chi connectivity index (χ0) is 21.3. The topological polar surface area (TPSA) is 92.3 Å². The molecule has 3 N–H and O–H groups in total. The Bertz CT molecular complexity index is 1060. The molecule has 0 aliphatic carbocycles. The van der Waals surface area contributed by atoms with Gasteiger partial charge in [0.25, 0.3) is 5.91 Å². The maximum Gasteiger partial charge on any atom is 0.257 e. The van der Waals surface area contributed by atoms with Crippen LogP contribution in [-0.2, 0) is 0 Å². The molecule has 30 heavy (non-hydrogen) atoms. The summed E-state index contributed by atoms with van der Waals surface area (Å²) < 4.78 is 1.65. The lowest BCUT2D eigenvalue weighted by Crippen LogP contribution is -2.44. The van der Waals surface area contributed by atoms with E-state index in [1.165, 1.54) is 0 Å². The molecule has 8 nitrogen and oxygen atoms in total. The minimum atomic E-state index is -0.304. The van der Waals surface area contributed by atoms with Gasteiger partial charge in [-0.3, -0.25) is 4.79 Å². The van der Waals surface area contributed by atoms with Gasteiger partial charge in [-0.1, -0.05) is 16.8 Å². The molecule has 156 valence electrons. The molecule has 0 saturated carbocycles. The summed E-state index contributed by atoms with van der Waals surface area (Å²) >= 11 is 6.39. The van der Waals surface area contributed by atoms with E-state index in [2.05, 4.69) is 32.5 Å². The Balaban J connectivity index is 1.70. The lowest BCUT2D eigenvalue weighted by atomic mass is 10.1. The number of hydrogen-bond acceptors (Lipinski definition) is 6. The number of carbonyl (C=O) groups is 1. The Morgan fingerprint density at radius 2 is 1.93 bits per heavy atom. The molecule has 0 unspecified atom stereocenters. The van der Waals surface area contributed by atoms with E-state index in [0.29, 0.717) is 22.0 Å². The van der Waals surface area contributed by atoms with Crippen molar-refractivity contribution in [1.82, 2.24) is 19.9 Å². The van der Waals surface area contributed by atoms with Crippen molar-refractivity contribution < 1.29 is 4.79 Å². The maximum atomic E-state index is 13.1. The number of hydrogen-bond donors (Lipinski definition) is 2. The SMILES string of the molecule is Cc1cc(N)cc(C(=O)Nc2cc(-n3ccnn3)ccc2N2CCN(C)CC2)c1Cl. The number of anilines is 3. The van der Waals surface area contributed by atoms with Crippen molar-refractivity contribution in [3.05, 3.63) is 58.9 Å². The summed E-state index contributed by atoms with van der Waals surface area (Å²) in [6, 6.07) is 9.22. The van der Waals surface area contributed by atoms with Crippen LogP contribution in [0.15, 0.2) is 42.7 Å². The minimum Gasteiger partial charge on any atom is -0.399 e. The first kappa shape index (κ1) is 20.2. The number of benzene rings is 2. The summed E-state index contributed by atoms with van der Waals surface area (Å²) in [7, 11) is 2.11. The highest BCUT2D eigenvalue weighted by Gasteiger charge is 2.20. The van der Waals surface area contributed by atoms with Gasteiger partial charge in [0.05, 0.1) is 40.0 Å². The molecule has 1 aromatic heterocycles. The summed E-state index contributed by atoms with van der Waals surface area (Å²) in [6.07, 6.45) is 3.37. The van der Waals surface area contributed by atoms with E-state index in [1.807, 2.05) is 25.1 Å². The van der Waals surface area contributed by atoms with Crippen LogP contribution < -0.4 is 16.0 Å². The Morgan fingerprint density at radius 1 is 1.17 bits per heavy atom. The number of nitrogens with one attached hydrogen (secondary N) is 1. The molecular formula is C21H24ClN7O. The van der Waals surface area contributed by atoms with E-state index in [-0.39, 0.29) is 5.91 Å². The monoisotopic (exact) mass is 425 g/mol. The number of likely N-dealkylation sites (N-methyl/N-ethyl adjacent to an activating group) is 1. The van der Waals surface area contributed by atoms with Crippen molar-refractivity contribution in [2.24, 2.45) is 0 Å². The number of halogens is 1. The molecule has 2 heterocycles. The molecule has 1 saturated heterocycles. The van der Waals surface area contributed by atoms with Crippen molar-refractivity contribution in [2.45, 2.75) is 6.92 Å². The minimum absolute atomic E-state index is 0.304. The van der Waals surface area contributed by atoms with E-state index in [9.17, 15) is 4.79 Å². The van der Waals surface area contributed by atoms with Gasteiger partial charge in [0.15, 0.2) is 0 Å². The van der Waals surface area contributed by atoms with Crippen LogP contribution in [0, 0.1) is 6.92 Å². The Morgan fingerprint density at radius 3 is 2.63 bits per heavy atom. The first-order valence-electron chi connectivity index (χ1n) is 9.73. The van der Waals surface area contributed by atoms with Gasteiger partial charge < -0.3 is 20.9 Å². The highest BCUT2D eigenvalue weighted by atomic mass is 35.5. The predicted molar refractivity (Wildman–Crippen MR) is 120 cm³/mol. The highest BCUT2D eigenvalue weighted by molar-refractivity contribution is 6.35. The molecule has 3 aromatic rings. The van der Waals surface area contributed by atoms with E-state index in [1.54, 1.807) is 29.2 Å². The van der Waals surface area contributed by atoms with Crippen LogP contribution in [0.25, 0.3) is 5.69 Å². The number of carbonyl (C=O) groups excluding carboxylic acids is 1. The second kappa shape index (κ2) is 8.33. The Hall–Kier alpha value is -3.10. The number of nitrogens with two attached hydrogens (primary N) is 1. The van der Waals surface area contributed by atoms with E-state index >= 15 is 0 Å². The second-order valence-corrected chi connectivity index (χ2v) is 7.87. The molecule has 0 radical (unpaired) electrons. The zero-order valence-corrected chi connectivity index (χ0v) is 17.7. The van der Waals surface area contributed by atoms with Gasteiger partial charge in [0, 0.05) is 31.9 Å². The third-order valence-corrected chi connectivity index (χ3v) is 5.78. The van der Waals surface area contributed by atoms with Crippen LogP contribution in [0.1, 0.15) is 15.9 Å². The van der Waals surface area contributed by atoms with Crippen molar-refractivity contribution in [2.75, 3.05) is 49.2 Å². The molecule has 1 aliphatic heterocycles. The predicted octanol–water partition coefficient (Wildman–Crippen LogP) is 2.82. The maximum absolute atomic E-state index is 13.1. The number of aromatic nitrogens is 3. The summed E-state index contributed by atoms with van der Waals surface area (Å²) in [4.78, 5) is 17.7. The third kappa shape index (κ3) is 4.10. The number of aryl methyl sites for hydroxylation is 1. The number of rotatable bonds is 4. The van der Waals surface area contributed by atoms with Crippen LogP contribution in [0.5, 0.6) is 0 Å². The quantitative estimate of drug-likeness (QED) is 0.624. The number of piperazine rings is 1. The van der Waals surface area contributed by atoms with Gasteiger partial charge in [-0.15, -0.1) is 5.10 Å². The number of amides is 1. The average Bonchev–Trinajstić information content (AvgIpc) is 3.26. The molecule has 2 aromatic carbocycles. The fourth-order valence-corrected chi connectivity index (χ4v) is 3.78. The van der Waals surface area contributed by atoms with Crippen molar-refractivity contribution in [3.8, 4) is 5.69 Å². The lowest BCUT2D eigenvalue weighted by molar-refractivity contribution is 0.102. The normalized spacial score (nSPS) is 14.7. The molecule has 1 aliphatic rings. The van der Waals surface area contributed by atoms with Gasteiger partial charge in [0.1, 0.15) is 0 Å². The first-order valence-corrected chi connectivity index (χ1v) is 10.1. The molecule has 0 bridgehead atoms. The summed E-state index contributed by atoms with van der Waals surface area (Å²) in [5.41, 5.74) is 9.99. The fraction of sp³-hybridized carbons (Fsp3) is 0.286. The van der Waals surface area contributed by atoms with Gasteiger partial charge in [-0.25, -0.2) is 4.68 Å². The standard InChI is InChI=1S/C21H24ClN7O/c1-14-11-15(23)12-17(20(14)22)21(30)25-18-13-16(29-6-5-24-26-29)3-4-19(18)28-9-7-27(2)8-10-28/h3-6,11-13H,7-10,23H2,1-2H3,(H,25,30). The van der Waals surface area contributed by atoms with Crippen molar-refractivity contribution >= 4 is 34.6 Å². The zero-order valence-electron chi connectivity index (χ0n) is 17.0. The average molecular weight is 426 g/mol. The third-order valence-electron chi connectivity index (χ3n) is 5.28. The smallest absolute Gasteiger partial charge is 0.257 e. The van der Waals surface area contributed by atoms with E-state index in [0.717, 1.165) is 43.1 Å². The van der Waals surface area contributed by atoms with Crippen LogP contribution in [0.2, 0.25) is 5.02 Å². The molecule has 0 spiro atoms. The molecule has 9 heteroatoms. The van der Waals surface area contributed by atoms with Gasteiger partial charge in [-0.2, -0.15) is 0 Å². The number of nitrogen functional groups attached to an aromatic ring is 1. The fourth-order valence-electron chi connectivity index (χ4n) is 3.59.